The third kappa shape index (κ3) is 3.65. The van der Waals surface area contributed by atoms with Crippen molar-refractivity contribution in [1.82, 2.24) is 10.3 Å². The number of carbonyl (C=O) groups excluding carboxylic acids is 1. The number of carbonyl (C=O) groups is 1. The third-order valence-electron chi connectivity index (χ3n) is 1.83. The average Bonchev–Trinajstić information content (AvgIpc) is 2.29. The van der Waals surface area contributed by atoms with E-state index in [9.17, 15) is 4.79 Å². The van der Waals surface area contributed by atoms with Crippen LogP contribution < -0.4 is 5.32 Å². The smallest absolute Gasteiger partial charge is 0.251 e. The first-order chi connectivity index (χ1) is 7.27. The Kier molecular flexibility index (Phi) is 4.73. The molecule has 0 radical (unpaired) electrons. The van der Waals surface area contributed by atoms with E-state index in [0.29, 0.717) is 24.4 Å². The molecule has 1 amide bonds. The molecule has 0 fully saturated rings. The molecule has 1 aromatic rings. The van der Waals surface area contributed by atoms with Gasteiger partial charge in [-0.05, 0) is 12.1 Å². The summed E-state index contributed by atoms with van der Waals surface area (Å²) in [6.45, 7) is 0.773. The topological polar surface area (TPSA) is 71.5 Å². The Hall–Kier alpha value is -1.46. The lowest BCUT2D eigenvalue weighted by Crippen LogP contribution is -2.27. The average molecular weight is 210 g/mol. The number of aliphatic hydroxyl groups excluding tert-OH is 1. The minimum atomic E-state index is -0.191. The van der Waals surface area contributed by atoms with Gasteiger partial charge in [-0.25, -0.2) is 0 Å². The van der Waals surface area contributed by atoms with Gasteiger partial charge >= 0.3 is 0 Å². The molecule has 0 saturated carbocycles. The minimum absolute atomic E-state index is 0.167. The van der Waals surface area contributed by atoms with Gasteiger partial charge < -0.3 is 15.2 Å². The molecule has 2 N–H and O–H groups in total. The Balaban J connectivity index is 2.57. The molecule has 1 heterocycles. The second-order valence-corrected chi connectivity index (χ2v) is 2.94. The highest BCUT2D eigenvalue weighted by atomic mass is 16.5. The molecule has 0 aliphatic carbocycles. The summed E-state index contributed by atoms with van der Waals surface area (Å²) >= 11 is 0. The molecule has 0 aromatic carbocycles. The van der Waals surface area contributed by atoms with Crippen molar-refractivity contribution < 1.29 is 14.6 Å². The fraction of sp³-hybridized carbons (Fsp3) is 0.400. The molecule has 0 saturated heterocycles. The molecule has 15 heavy (non-hydrogen) atoms. The molecule has 0 unspecified atom stereocenters. The van der Waals surface area contributed by atoms with Crippen molar-refractivity contribution in [3.05, 3.63) is 29.6 Å². The van der Waals surface area contributed by atoms with Crippen molar-refractivity contribution in [3.63, 3.8) is 0 Å². The molecular formula is C10H14N2O3. The standard InChI is InChI=1S/C10H14N2O3/c1-15-5-4-12-10(14)8-2-3-11-9(6-8)7-13/h2-3,6,13H,4-5,7H2,1H3,(H,12,14). The van der Waals surface area contributed by atoms with Crippen LogP contribution in [0.3, 0.4) is 0 Å². The highest BCUT2D eigenvalue weighted by Crippen LogP contribution is 2.01. The van der Waals surface area contributed by atoms with Gasteiger partial charge in [0, 0.05) is 25.4 Å². The zero-order valence-corrected chi connectivity index (χ0v) is 8.56. The number of nitrogens with zero attached hydrogens (tertiary/aromatic N) is 1. The number of rotatable bonds is 5. The van der Waals surface area contributed by atoms with Crippen molar-refractivity contribution in [2.24, 2.45) is 0 Å². The summed E-state index contributed by atoms with van der Waals surface area (Å²) in [7, 11) is 1.57. The maximum atomic E-state index is 11.5. The number of nitrogens with one attached hydrogen (secondary N) is 1. The van der Waals surface area contributed by atoms with E-state index in [2.05, 4.69) is 10.3 Å². The predicted octanol–water partition coefficient (Wildman–Crippen LogP) is -0.0499. The number of hydrogen-bond donors (Lipinski definition) is 2. The van der Waals surface area contributed by atoms with Crippen LogP contribution in [0, 0.1) is 0 Å². The largest absolute Gasteiger partial charge is 0.390 e. The number of aromatic nitrogens is 1. The molecule has 5 nitrogen and oxygen atoms in total. The van der Waals surface area contributed by atoms with Crippen LogP contribution >= 0.6 is 0 Å². The first kappa shape index (κ1) is 11.6. The van der Waals surface area contributed by atoms with Crippen LogP contribution in [0.4, 0.5) is 0 Å². The Morgan fingerprint density at radius 1 is 1.67 bits per heavy atom. The number of ether oxygens (including phenoxy) is 1. The van der Waals surface area contributed by atoms with Crippen molar-refractivity contribution in [1.29, 1.82) is 0 Å². The van der Waals surface area contributed by atoms with Crippen LogP contribution in [0.25, 0.3) is 0 Å². The van der Waals surface area contributed by atoms with E-state index < -0.39 is 0 Å². The highest BCUT2D eigenvalue weighted by molar-refractivity contribution is 5.94. The van der Waals surface area contributed by atoms with Crippen LogP contribution in [0.15, 0.2) is 18.3 Å². The number of amides is 1. The van der Waals surface area contributed by atoms with Gasteiger partial charge in [0.25, 0.3) is 5.91 Å². The molecule has 1 aromatic heterocycles. The molecular weight excluding hydrogens is 196 g/mol. The molecule has 1 rings (SSSR count). The third-order valence-corrected chi connectivity index (χ3v) is 1.83. The van der Waals surface area contributed by atoms with Crippen molar-refractivity contribution in [2.45, 2.75) is 6.61 Å². The normalized spacial score (nSPS) is 10.0. The molecule has 0 aliphatic heterocycles. The summed E-state index contributed by atoms with van der Waals surface area (Å²) in [5.74, 6) is -0.191. The fourth-order valence-electron chi connectivity index (χ4n) is 1.07. The van der Waals surface area contributed by atoms with Gasteiger partial charge in [-0.3, -0.25) is 9.78 Å². The van der Waals surface area contributed by atoms with Gasteiger partial charge in [0.2, 0.25) is 0 Å². The van der Waals surface area contributed by atoms with Gasteiger partial charge in [0.05, 0.1) is 18.9 Å². The number of methoxy groups -OCH3 is 1. The zero-order valence-electron chi connectivity index (χ0n) is 8.56. The van der Waals surface area contributed by atoms with Crippen LogP contribution in [-0.2, 0) is 11.3 Å². The second-order valence-electron chi connectivity index (χ2n) is 2.94. The monoisotopic (exact) mass is 210 g/mol. The number of aliphatic hydroxyl groups is 1. The van der Waals surface area contributed by atoms with Crippen LogP contribution in [0.2, 0.25) is 0 Å². The molecule has 0 spiro atoms. The molecule has 0 bridgehead atoms. The first-order valence-corrected chi connectivity index (χ1v) is 4.61. The summed E-state index contributed by atoms with van der Waals surface area (Å²) in [6, 6.07) is 3.16. The van der Waals surface area contributed by atoms with E-state index in [4.69, 9.17) is 9.84 Å². The number of hydrogen-bond acceptors (Lipinski definition) is 4. The first-order valence-electron chi connectivity index (χ1n) is 4.61. The SMILES string of the molecule is COCCNC(=O)c1ccnc(CO)c1. The van der Waals surface area contributed by atoms with Gasteiger partial charge in [-0.1, -0.05) is 0 Å². The lowest BCUT2D eigenvalue weighted by molar-refractivity contribution is 0.0937. The number of pyridine rings is 1. The minimum Gasteiger partial charge on any atom is -0.390 e. The van der Waals surface area contributed by atoms with E-state index >= 15 is 0 Å². The zero-order chi connectivity index (χ0) is 11.1. The predicted molar refractivity (Wildman–Crippen MR) is 54.4 cm³/mol. The van der Waals surface area contributed by atoms with Crippen LogP contribution in [-0.4, -0.2) is 36.3 Å². The molecule has 0 atom stereocenters. The van der Waals surface area contributed by atoms with Crippen molar-refractivity contribution >= 4 is 5.91 Å². The Bertz CT molecular complexity index is 328. The van der Waals surface area contributed by atoms with Gasteiger partial charge in [0.1, 0.15) is 0 Å². The Morgan fingerprint density at radius 2 is 2.47 bits per heavy atom. The lowest BCUT2D eigenvalue weighted by Gasteiger charge is -2.04. The molecule has 82 valence electrons. The van der Waals surface area contributed by atoms with Crippen molar-refractivity contribution in [3.8, 4) is 0 Å². The fourth-order valence-corrected chi connectivity index (χ4v) is 1.07. The lowest BCUT2D eigenvalue weighted by atomic mass is 10.2. The maximum absolute atomic E-state index is 11.5. The van der Waals surface area contributed by atoms with Crippen LogP contribution in [0.1, 0.15) is 16.1 Å². The van der Waals surface area contributed by atoms with E-state index in [-0.39, 0.29) is 12.5 Å². The molecule has 5 heteroatoms. The summed E-state index contributed by atoms with van der Waals surface area (Å²) in [5, 5.41) is 11.5. The van der Waals surface area contributed by atoms with Gasteiger partial charge in [-0.2, -0.15) is 0 Å². The van der Waals surface area contributed by atoms with Gasteiger partial charge in [0.15, 0.2) is 0 Å². The maximum Gasteiger partial charge on any atom is 0.251 e. The second kappa shape index (κ2) is 6.10. The Morgan fingerprint density at radius 3 is 3.13 bits per heavy atom. The Labute approximate surface area is 88.1 Å². The quantitative estimate of drug-likeness (QED) is 0.668. The van der Waals surface area contributed by atoms with E-state index in [0.717, 1.165) is 0 Å². The van der Waals surface area contributed by atoms with E-state index in [1.54, 1.807) is 19.2 Å². The highest BCUT2D eigenvalue weighted by Gasteiger charge is 2.05. The van der Waals surface area contributed by atoms with Crippen molar-refractivity contribution in [2.75, 3.05) is 20.3 Å². The summed E-state index contributed by atoms with van der Waals surface area (Å²) < 4.78 is 4.81. The van der Waals surface area contributed by atoms with E-state index in [1.807, 2.05) is 0 Å². The summed E-state index contributed by atoms with van der Waals surface area (Å²) in [5.41, 5.74) is 0.972. The summed E-state index contributed by atoms with van der Waals surface area (Å²) in [6.07, 6.45) is 1.50. The van der Waals surface area contributed by atoms with E-state index in [1.165, 1.54) is 6.20 Å². The molecule has 0 aliphatic rings. The summed E-state index contributed by atoms with van der Waals surface area (Å²) in [4.78, 5) is 15.4. The van der Waals surface area contributed by atoms with Crippen LogP contribution in [0.5, 0.6) is 0 Å². The van der Waals surface area contributed by atoms with Gasteiger partial charge in [-0.15, -0.1) is 0 Å².